The summed E-state index contributed by atoms with van der Waals surface area (Å²) in [5.74, 6) is 0.614. The molecular weight excluding hydrogens is 600 g/mol. The van der Waals surface area contributed by atoms with E-state index in [2.05, 4.69) is 48.5 Å². The lowest BCUT2D eigenvalue weighted by Gasteiger charge is -2.58. The van der Waals surface area contributed by atoms with Gasteiger partial charge in [0.05, 0.1) is 16.2 Å². The maximum atomic E-state index is 14.1. The fraction of sp³-hybridized carbons (Fsp3) is 0.474. The highest BCUT2D eigenvalue weighted by Gasteiger charge is 2.61. The SMILES string of the molecule is O=C(OC1C2CC3CC1CC(C(=O)Oc1ccc(S(=O)(=O)[O-])c4c1CCCC4)(C3)C2)C1CC2c3ccccc3C1c1ccccc12. The van der Waals surface area contributed by atoms with E-state index >= 15 is 0 Å². The molecule has 0 N–H and O–H groups in total. The second kappa shape index (κ2) is 10.3. The Morgan fingerprint density at radius 3 is 2.00 bits per heavy atom. The minimum Gasteiger partial charge on any atom is -0.744 e. The molecule has 8 aliphatic carbocycles. The number of ether oxygens (including phenoxy) is 2. The number of esters is 2. The van der Waals surface area contributed by atoms with Gasteiger partial charge in [-0.25, -0.2) is 8.42 Å². The van der Waals surface area contributed by atoms with Crippen molar-refractivity contribution in [2.45, 2.75) is 87.0 Å². The molecule has 0 spiro atoms. The van der Waals surface area contributed by atoms with Crippen LogP contribution in [0.4, 0.5) is 0 Å². The van der Waals surface area contributed by atoms with Crippen molar-refractivity contribution in [1.29, 1.82) is 0 Å². The van der Waals surface area contributed by atoms with Crippen molar-refractivity contribution >= 4 is 22.1 Å². The number of carbonyl (C=O) groups excluding carboxylic acids is 2. The van der Waals surface area contributed by atoms with E-state index in [1.54, 1.807) is 0 Å². The molecule has 0 saturated heterocycles. The molecule has 0 aliphatic heterocycles. The minimum atomic E-state index is -4.62. The molecule has 0 amide bonds. The van der Waals surface area contributed by atoms with Gasteiger partial charge in [0.15, 0.2) is 0 Å². The van der Waals surface area contributed by atoms with Crippen molar-refractivity contribution in [3.8, 4) is 5.75 Å². The quantitative estimate of drug-likeness (QED) is 0.181. The first kappa shape index (κ1) is 28.7. The molecule has 8 heteroatoms. The summed E-state index contributed by atoms with van der Waals surface area (Å²) >= 11 is 0. The van der Waals surface area contributed by atoms with E-state index in [0.717, 1.165) is 38.5 Å². The third-order valence-corrected chi connectivity index (χ3v) is 13.3. The van der Waals surface area contributed by atoms with E-state index < -0.39 is 15.5 Å². The lowest BCUT2D eigenvalue weighted by Crippen LogP contribution is -2.58. The zero-order valence-electron chi connectivity index (χ0n) is 25.7. The largest absolute Gasteiger partial charge is 0.744 e. The van der Waals surface area contributed by atoms with E-state index in [1.165, 1.54) is 34.4 Å². The summed E-state index contributed by atoms with van der Waals surface area (Å²) in [4.78, 5) is 27.9. The van der Waals surface area contributed by atoms with Gasteiger partial charge in [0.2, 0.25) is 0 Å². The van der Waals surface area contributed by atoms with Gasteiger partial charge in [-0.15, -0.1) is 0 Å². The molecule has 3 aromatic rings. The monoisotopic (exact) mass is 637 g/mol. The number of benzene rings is 3. The van der Waals surface area contributed by atoms with Crippen molar-refractivity contribution in [2.75, 3.05) is 0 Å². The van der Waals surface area contributed by atoms with Gasteiger partial charge in [-0.2, -0.15) is 0 Å². The van der Waals surface area contributed by atoms with Crippen LogP contribution in [0.1, 0.15) is 96.6 Å². The summed E-state index contributed by atoms with van der Waals surface area (Å²) in [5.41, 5.74) is 5.70. The molecular formula is C38H37O7S-. The maximum absolute atomic E-state index is 14.1. The molecule has 4 saturated carbocycles. The highest BCUT2D eigenvalue weighted by Crippen LogP contribution is 2.62. The van der Waals surface area contributed by atoms with Gasteiger partial charge in [-0.3, -0.25) is 9.59 Å². The number of hydrogen-bond acceptors (Lipinski definition) is 7. The summed E-state index contributed by atoms with van der Waals surface area (Å²) in [5, 5.41) is 0. The minimum absolute atomic E-state index is 0.00280. The van der Waals surface area contributed by atoms with Crippen molar-refractivity contribution in [3.63, 3.8) is 0 Å². The second-order valence-corrected chi connectivity index (χ2v) is 16.2. The van der Waals surface area contributed by atoms with Crippen molar-refractivity contribution in [2.24, 2.45) is 29.1 Å². The van der Waals surface area contributed by atoms with Gasteiger partial charge < -0.3 is 14.0 Å². The third kappa shape index (κ3) is 4.28. The summed E-state index contributed by atoms with van der Waals surface area (Å²) in [7, 11) is -4.62. The van der Waals surface area contributed by atoms with Gasteiger partial charge in [-0.1, -0.05) is 48.5 Å². The fourth-order valence-corrected chi connectivity index (χ4v) is 11.6. The van der Waals surface area contributed by atoms with Crippen molar-refractivity contribution < 1.29 is 32.0 Å². The molecule has 3 atom stereocenters. The smallest absolute Gasteiger partial charge is 0.317 e. The first-order valence-electron chi connectivity index (χ1n) is 16.9. The third-order valence-electron chi connectivity index (χ3n) is 12.4. The Morgan fingerprint density at radius 1 is 0.761 bits per heavy atom. The fourth-order valence-electron chi connectivity index (χ4n) is 10.8. The topological polar surface area (TPSA) is 110 Å². The first-order valence-corrected chi connectivity index (χ1v) is 18.3. The number of hydrogen-bond donors (Lipinski definition) is 0. The van der Waals surface area contributed by atoms with E-state index in [1.807, 2.05) is 0 Å². The van der Waals surface area contributed by atoms with Crippen molar-refractivity contribution in [1.82, 2.24) is 0 Å². The maximum Gasteiger partial charge on any atom is 0.317 e. The lowest BCUT2D eigenvalue weighted by molar-refractivity contribution is -0.194. The standard InChI is InChI=1S/C38H38O7S/c39-36(31-17-30-24-7-1-5-11-28(24)34(31)29-12-6-2-8-25(29)30)45-35-22-15-21-16-23(35)20-38(18-21,19-22)37(40)44-32-13-14-33(46(41,42)43)27-10-4-3-9-26(27)32/h1-2,5-8,11-14,21-23,30-31,34-35H,3-4,9-10,15-20H2,(H,41,42,43)/p-1. The number of fused-ring (bicyclic) bond motifs is 2. The normalized spacial score (nSPS) is 33.1. The van der Waals surface area contributed by atoms with Gasteiger partial charge in [0.1, 0.15) is 22.0 Å². The molecule has 4 fully saturated rings. The average molecular weight is 638 g/mol. The second-order valence-electron chi connectivity index (χ2n) is 14.9. The van der Waals surface area contributed by atoms with Crippen LogP contribution >= 0.6 is 0 Å². The van der Waals surface area contributed by atoms with Crippen LogP contribution in [0.3, 0.4) is 0 Å². The Balaban J connectivity index is 0.953. The Kier molecular flexibility index (Phi) is 6.40. The van der Waals surface area contributed by atoms with Crippen LogP contribution in [0.15, 0.2) is 65.6 Å². The molecule has 0 aromatic heterocycles. The molecule has 238 valence electrons. The van der Waals surface area contributed by atoms with Crippen LogP contribution in [0, 0.1) is 29.1 Å². The van der Waals surface area contributed by atoms with Crippen molar-refractivity contribution in [3.05, 3.63) is 94.0 Å². The molecule has 6 bridgehead atoms. The lowest BCUT2D eigenvalue weighted by atomic mass is 9.48. The van der Waals surface area contributed by atoms with Crippen LogP contribution in [0.5, 0.6) is 5.75 Å². The molecule has 0 radical (unpaired) electrons. The summed E-state index contributed by atoms with van der Waals surface area (Å²) < 4.78 is 48.4. The van der Waals surface area contributed by atoms with Crippen LogP contribution in [-0.4, -0.2) is 31.0 Å². The summed E-state index contributed by atoms with van der Waals surface area (Å²) in [6.45, 7) is 0. The number of rotatable bonds is 5. The number of carbonyl (C=O) groups is 2. The van der Waals surface area contributed by atoms with Crippen LogP contribution in [0.2, 0.25) is 0 Å². The van der Waals surface area contributed by atoms with E-state index in [4.69, 9.17) is 9.47 Å². The molecule has 3 aromatic carbocycles. The highest BCUT2D eigenvalue weighted by atomic mass is 32.2. The molecule has 0 heterocycles. The molecule has 11 rings (SSSR count). The Hall–Kier alpha value is -3.49. The molecule has 8 aliphatic rings. The van der Waals surface area contributed by atoms with Crippen LogP contribution in [-0.2, 0) is 37.3 Å². The zero-order chi connectivity index (χ0) is 31.4. The van der Waals surface area contributed by atoms with Gasteiger partial charge in [-0.05, 0) is 127 Å². The van der Waals surface area contributed by atoms with Gasteiger partial charge in [0, 0.05) is 11.8 Å². The molecule has 46 heavy (non-hydrogen) atoms. The predicted molar refractivity (Wildman–Crippen MR) is 167 cm³/mol. The van der Waals surface area contributed by atoms with Gasteiger partial charge in [0.25, 0.3) is 0 Å². The van der Waals surface area contributed by atoms with E-state index in [9.17, 15) is 22.6 Å². The summed E-state index contributed by atoms with van der Waals surface area (Å²) in [6.07, 6.45) is 7.24. The highest BCUT2D eigenvalue weighted by molar-refractivity contribution is 7.85. The zero-order valence-corrected chi connectivity index (χ0v) is 26.5. The Morgan fingerprint density at radius 2 is 1.37 bits per heavy atom. The van der Waals surface area contributed by atoms with E-state index in [0.29, 0.717) is 48.5 Å². The van der Waals surface area contributed by atoms with Crippen LogP contribution in [0.25, 0.3) is 0 Å². The molecule has 7 nitrogen and oxygen atoms in total. The average Bonchev–Trinajstić information content (AvgIpc) is 3.05. The summed E-state index contributed by atoms with van der Waals surface area (Å²) in [6, 6.07) is 19.9. The van der Waals surface area contributed by atoms with Crippen LogP contribution < -0.4 is 4.74 Å². The first-order chi connectivity index (χ1) is 22.2. The Labute approximate surface area is 269 Å². The van der Waals surface area contributed by atoms with E-state index in [-0.39, 0.29) is 52.5 Å². The molecule has 3 unspecified atom stereocenters. The predicted octanol–water partition coefficient (Wildman–Crippen LogP) is 6.41. The van der Waals surface area contributed by atoms with Gasteiger partial charge >= 0.3 is 11.9 Å². The Bertz CT molecular complexity index is 1830.